The van der Waals surface area contributed by atoms with Crippen molar-refractivity contribution in [1.29, 1.82) is 0 Å². The summed E-state index contributed by atoms with van der Waals surface area (Å²) >= 11 is 0. The van der Waals surface area contributed by atoms with Crippen LogP contribution in [0.15, 0.2) is 0 Å². The Balaban J connectivity index is 2.63. The van der Waals surface area contributed by atoms with E-state index < -0.39 is 11.6 Å². The fraction of sp³-hybridized carbons (Fsp3) is 0.833. The van der Waals surface area contributed by atoms with Gasteiger partial charge in [-0.05, 0) is 6.92 Å². The summed E-state index contributed by atoms with van der Waals surface area (Å²) in [6.07, 6.45) is 0.294. The molecule has 2 unspecified atom stereocenters. The van der Waals surface area contributed by atoms with Crippen molar-refractivity contribution in [3.8, 4) is 0 Å². The highest BCUT2D eigenvalue weighted by molar-refractivity contribution is 5.78. The van der Waals surface area contributed by atoms with E-state index >= 15 is 0 Å². The summed E-state index contributed by atoms with van der Waals surface area (Å²) in [6.45, 7) is 2.00. The third-order valence-corrected chi connectivity index (χ3v) is 1.78. The first kappa shape index (κ1) is 7.50. The van der Waals surface area contributed by atoms with E-state index in [4.69, 9.17) is 5.11 Å². The lowest BCUT2D eigenvalue weighted by molar-refractivity contribution is -0.156. The average molecular weight is 145 g/mol. The van der Waals surface area contributed by atoms with Gasteiger partial charge in [0.2, 0.25) is 0 Å². The molecular formula is C6H11NO3. The Bertz CT molecular complexity index is 159. The van der Waals surface area contributed by atoms with Gasteiger partial charge in [-0.25, -0.2) is 4.79 Å². The zero-order chi connectivity index (χ0) is 7.78. The molecule has 4 nitrogen and oxygen atoms in total. The Labute approximate surface area is 58.9 Å². The van der Waals surface area contributed by atoms with Crippen LogP contribution >= 0.6 is 0 Å². The number of rotatable bonds is 1. The molecule has 1 fully saturated rings. The zero-order valence-electron chi connectivity index (χ0n) is 5.79. The monoisotopic (exact) mass is 145 g/mol. The summed E-state index contributed by atoms with van der Waals surface area (Å²) in [4.78, 5) is 10.4. The lowest BCUT2D eigenvalue weighted by Crippen LogP contribution is -2.40. The normalized spacial score (nSPS) is 40.0. The largest absolute Gasteiger partial charge is 0.479 e. The number of carbonyl (C=O) groups is 1. The number of nitrogens with one attached hydrogen (secondary N) is 1. The lowest BCUT2D eigenvalue weighted by atomic mass is 10.0. The second-order valence-electron chi connectivity index (χ2n) is 2.82. The van der Waals surface area contributed by atoms with Gasteiger partial charge in [-0.2, -0.15) is 0 Å². The van der Waals surface area contributed by atoms with Crippen LogP contribution in [0.25, 0.3) is 0 Å². The lowest BCUT2D eigenvalue weighted by Gasteiger charge is -2.13. The summed E-state index contributed by atoms with van der Waals surface area (Å²) in [5.74, 6) is -1.13. The number of aliphatic carboxylic acids is 1. The number of hydrogen-bond donors (Lipinski definition) is 3. The zero-order valence-corrected chi connectivity index (χ0v) is 5.79. The van der Waals surface area contributed by atoms with Crippen LogP contribution in [0.2, 0.25) is 0 Å². The summed E-state index contributed by atoms with van der Waals surface area (Å²) < 4.78 is 0. The van der Waals surface area contributed by atoms with Crippen molar-refractivity contribution in [3.05, 3.63) is 0 Å². The van der Waals surface area contributed by atoms with E-state index in [0.717, 1.165) is 0 Å². The molecule has 0 bridgehead atoms. The van der Waals surface area contributed by atoms with Gasteiger partial charge in [0, 0.05) is 19.0 Å². The maximum Gasteiger partial charge on any atom is 0.337 e. The number of hydrogen-bond acceptors (Lipinski definition) is 3. The smallest absolute Gasteiger partial charge is 0.337 e. The van der Waals surface area contributed by atoms with Crippen LogP contribution in [0.4, 0.5) is 0 Å². The predicted molar refractivity (Wildman–Crippen MR) is 34.7 cm³/mol. The van der Waals surface area contributed by atoms with E-state index in [1.54, 1.807) is 0 Å². The van der Waals surface area contributed by atoms with E-state index in [0.29, 0.717) is 6.42 Å². The molecular weight excluding hydrogens is 134 g/mol. The maximum atomic E-state index is 10.4. The molecule has 0 saturated carbocycles. The molecule has 1 saturated heterocycles. The first-order chi connectivity index (χ1) is 4.54. The van der Waals surface area contributed by atoms with E-state index in [-0.39, 0.29) is 12.6 Å². The van der Waals surface area contributed by atoms with E-state index in [1.165, 1.54) is 0 Å². The number of β-amino-alcohol motifs (C(OH)–C–C–N with tert-alkyl or cyclic N) is 1. The van der Waals surface area contributed by atoms with Gasteiger partial charge >= 0.3 is 5.97 Å². The van der Waals surface area contributed by atoms with Gasteiger partial charge in [0.25, 0.3) is 0 Å². The molecule has 10 heavy (non-hydrogen) atoms. The molecule has 1 aliphatic heterocycles. The van der Waals surface area contributed by atoms with Crippen molar-refractivity contribution in [2.75, 3.05) is 6.54 Å². The molecule has 4 heteroatoms. The minimum atomic E-state index is -1.53. The molecule has 58 valence electrons. The van der Waals surface area contributed by atoms with Gasteiger partial charge in [0.15, 0.2) is 5.60 Å². The van der Waals surface area contributed by atoms with Crippen LogP contribution in [0, 0.1) is 0 Å². The first-order valence-electron chi connectivity index (χ1n) is 3.24. The van der Waals surface area contributed by atoms with Crippen molar-refractivity contribution >= 4 is 5.97 Å². The Morgan fingerprint density at radius 3 is 2.60 bits per heavy atom. The Morgan fingerprint density at radius 2 is 2.40 bits per heavy atom. The summed E-state index contributed by atoms with van der Waals surface area (Å²) in [5.41, 5.74) is -1.53. The van der Waals surface area contributed by atoms with Gasteiger partial charge in [0.1, 0.15) is 0 Å². The van der Waals surface area contributed by atoms with Crippen LogP contribution in [0.3, 0.4) is 0 Å². The van der Waals surface area contributed by atoms with Crippen molar-refractivity contribution in [2.45, 2.75) is 25.0 Å². The SMILES string of the molecule is CC1CC(O)(C(=O)O)CN1. The second kappa shape index (κ2) is 2.21. The molecule has 0 aromatic rings. The number of carboxylic acid groups (broad SMARTS) is 1. The van der Waals surface area contributed by atoms with Crippen LogP contribution in [-0.4, -0.2) is 34.4 Å². The quantitative estimate of drug-likeness (QED) is 0.451. The molecule has 0 aliphatic carbocycles. The van der Waals surface area contributed by atoms with Gasteiger partial charge in [-0.15, -0.1) is 0 Å². The highest BCUT2D eigenvalue weighted by Crippen LogP contribution is 2.18. The second-order valence-corrected chi connectivity index (χ2v) is 2.82. The molecule has 1 aliphatic rings. The number of carboxylic acids is 1. The van der Waals surface area contributed by atoms with Gasteiger partial charge in [-0.1, -0.05) is 0 Å². The molecule has 0 radical (unpaired) electrons. The molecule has 1 rings (SSSR count). The molecule has 0 amide bonds. The van der Waals surface area contributed by atoms with E-state index in [9.17, 15) is 9.90 Å². The fourth-order valence-corrected chi connectivity index (χ4v) is 1.16. The standard InChI is InChI=1S/C6H11NO3/c1-4-2-6(10,3-7-4)5(8)9/h4,7,10H,2-3H2,1H3,(H,8,9). The van der Waals surface area contributed by atoms with Crippen LogP contribution < -0.4 is 5.32 Å². The minimum absolute atomic E-state index is 0.0982. The Hall–Kier alpha value is -0.610. The molecule has 3 N–H and O–H groups in total. The highest BCUT2D eigenvalue weighted by atomic mass is 16.4. The summed E-state index contributed by atoms with van der Waals surface area (Å²) in [6, 6.07) is 0.0982. The predicted octanol–water partition coefficient (Wildman–Crippen LogP) is -0.816. The first-order valence-corrected chi connectivity index (χ1v) is 3.24. The molecule has 1 heterocycles. The topological polar surface area (TPSA) is 69.6 Å². The van der Waals surface area contributed by atoms with E-state index in [2.05, 4.69) is 5.32 Å². The Kier molecular flexibility index (Phi) is 1.66. The van der Waals surface area contributed by atoms with Crippen LogP contribution in [-0.2, 0) is 4.79 Å². The third-order valence-electron chi connectivity index (χ3n) is 1.78. The van der Waals surface area contributed by atoms with Gasteiger partial charge in [-0.3, -0.25) is 0 Å². The van der Waals surface area contributed by atoms with Crippen LogP contribution in [0.1, 0.15) is 13.3 Å². The van der Waals surface area contributed by atoms with Crippen molar-refractivity contribution < 1.29 is 15.0 Å². The molecule has 2 atom stereocenters. The molecule has 0 spiro atoms. The summed E-state index contributed by atoms with van der Waals surface area (Å²) in [7, 11) is 0. The fourth-order valence-electron chi connectivity index (χ4n) is 1.16. The van der Waals surface area contributed by atoms with Gasteiger partial charge < -0.3 is 15.5 Å². The average Bonchev–Trinajstić information content (AvgIpc) is 2.13. The number of aliphatic hydroxyl groups is 1. The maximum absolute atomic E-state index is 10.4. The Morgan fingerprint density at radius 1 is 1.80 bits per heavy atom. The minimum Gasteiger partial charge on any atom is -0.479 e. The van der Waals surface area contributed by atoms with Gasteiger partial charge in [0.05, 0.1) is 0 Å². The highest BCUT2D eigenvalue weighted by Gasteiger charge is 2.41. The molecule has 0 aromatic heterocycles. The van der Waals surface area contributed by atoms with Crippen LogP contribution in [0.5, 0.6) is 0 Å². The molecule has 0 aromatic carbocycles. The van der Waals surface area contributed by atoms with Crippen molar-refractivity contribution in [2.24, 2.45) is 0 Å². The van der Waals surface area contributed by atoms with E-state index in [1.807, 2.05) is 6.92 Å². The van der Waals surface area contributed by atoms with Crippen molar-refractivity contribution in [1.82, 2.24) is 5.32 Å². The van der Waals surface area contributed by atoms with Crippen molar-refractivity contribution in [3.63, 3.8) is 0 Å². The third kappa shape index (κ3) is 1.12. The summed E-state index contributed by atoms with van der Waals surface area (Å²) in [5, 5.41) is 20.6.